The summed E-state index contributed by atoms with van der Waals surface area (Å²) in [6.07, 6.45) is 2.36. The number of sulfonamides is 1. The maximum atomic E-state index is 12.2. The first-order chi connectivity index (χ1) is 11.7. The van der Waals surface area contributed by atoms with Crippen molar-refractivity contribution in [3.05, 3.63) is 0 Å². The average Bonchev–Trinajstić information content (AvgIpc) is 2.98. The summed E-state index contributed by atoms with van der Waals surface area (Å²) < 4.78 is 30.2. The van der Waals surface area contributed by atoms with E-state index >= 15 is 0 Å². The van der Waals surface area contributed by atoms with Gasteiger partial charge in [-0.25, -0.2) is 13.1 Å². The van der Waals surface area contributed by atoms with E-state index < -0.39 is 20.5 Å². The Hall–Kier alpha value is -1.20. The second kappa shape index (κ2) is 8.45. The van der Waals surface area contributed by atoms with Crippen LogP contribution >= 0.6 is 11.9 Å². The SMILES string of the molecule is CC1N=NSC1C(=O)NNC(=O)C1CCC(NS(=O)(=O)C(C)C)CC1. The van der Waals surface area contributed by atoms with Crippen LogP contribution in [0.3, 0.4) is 0 Å². The lowest BCUT2D eigenvalue weighted by atomic mass is 9.86. The Balaban J connectivity index is 1.73. The minimum Gasteiger partial charge on any atom is -0.273 e. The second-order valence-corrected chi connectivity index (χ2v) is 9.85. The van der Waals surface area contributed by atoms with Crippen molar-refractivity contribution in [1.29, 1.82) is 0 Å². The van der Waals surface area contributed by atoms with Gasteiger partial charge >= 0.3 is 0 Å². The molecule has 2 amide bonds. The van der Waals surface area contributed by atoms with Gasteiger partial charge in [-0.15, -0.1) is 4.52 Å². The Kier molecular flexibility index (Phi) is 6.80. The number of nitrogens with one attached hydrogen (secondary N) is 3. The van der Waals surface area contributed by atoms with Gasteiger partial charge in [0, 0.05) is 23.9 Å². The third-order valence-electron chi connectivity index (χ3n) is 4.44. The van der Waals surface area contributed by atoms with Gasteiger partial charge in [0.05, 0.1) is 11.3 Å². The van der Waals surface area contributed by atoms with Gasteiger partial charge in [-0.05, 0) is 46.5 Å². The maximum absolute atomic E-state index is 12.2. The molecule has 0 aromatic heterocycles. The average molecular weight is 392 g/mol. The molecular formula is C14H25N5O4S2. The summed E-state index contributed by atoms with van der Waals surface area (Å²) in [5.41, 5.74) is 4.88. The molecule has 1 fully saturated rings. The molecule has 0 saturated heterocycles. The van der Waals surface area contributed by atoms with E-state index in [0.29, 0.717) is 25.7 Å². The van der Waals surface area contributed by atoms with Crippen LogP contribution in [0.1, 0.15) is 46.5 Å². The number of carbonyl (C=O) groups is 2. The number of hydrogen-bond acceptors (Lipinski definition) is 7. The van der Waals surface area contributed by atoms with Gasteiger partial charge in [-0.2, -0.15) is 5.11 Å². The van der Waals surface area contributed by atoms with Gasteiger partial charge in [0.25, 0.3) is 5.91 Å². The van der Waals surface area contributed by atoms with Crippen LogP contribution < -0.4 is 15.6 Å². The molecule has 1 aliphatic carbocycles. The van der Waals surface area contributed by atoms with Gasteiger partial charge in [-0.1, -0.05) is 0 Å². The van der Waals surface area contributed by atoms with Crippen molar-refractivity contribution >= 4 is 33.8 Å². The lowest BCUT2D eigenvalue weighted by Gasteiger charge is -2.28. The Morgan fingerprint density at radius 3 is 2.20 bits per heavy atom. The molecule has 0 aromatic rings. The molecule has 2 atom stereocenters. The summed E-state index contributed by atoms with van der Waals surface area (Å²) in [6, 6.07) is -0.351. The van der Waals surface area contributed by atoms with E-state index in [1.165, 1.54) is 0 Å². The van der Waals surface area contributed by atoms with E-state index in [9.17, 15) is 18.0 Å². The summed E-state index contributed by atoms with van der Waals surface area (Å²) in [7, 11) is -3.30. The Morgan fingerprint density at radius 2 is 1.68 bits per heavy atom. The first-order valence-corrected chi connectivity index (χ1v) is 10.8. The minimum absolute atomic E-state index is 0.134. The van der Waals surface area contributed by atoms with Crippen molar-refractivity contribution in [1.82, 2.24) is 15.6 Å². The van der Waals surface area contributed by atoms with Crippen molar-refractivity contribution in [3.63, 3.8) is 0 Å². The molecule has 0 spiro atoms. The van der Waals surface area contributed by atoms with Crippen LogP contribution in [-0.2, 0) is 19.6 Å². The van der Waals surface area contributed by atoms with Gasteiger partial charge in [0.1, 0.15) is 5.25 Å². The molecule has 0 bridgehead atoms. The number of hydrazine groups is 1. The molecule has 25 heavy (non-hydrogen) atoms. The monoisotopic (exact) mass is 391 g/mol. The summed E-state index contributed by atoms with van der Waals surface area (Å²) in [5.74, 6) is -0.805. The third-order valence-corrected chi connectivity index (χ3v) is 7.37. The maximum Gasteiger partial charge on any atom is 0.255 e. The first kappa shape index (κ1) is 20.1. The van der Waals surface area contributed by atoms with Crippen molar-refractivity contribution in [2.45, 2.75) is 69.0 Å². The zero-order chi connectivity index (χ0) is 18.6. The molecule has 11 heteroatoms. The highest BCUT2D eigenvalue weighted by Gasteiger charge is 2.32. The van der Waals surface area contributed by atoms with Crippen LogP contribution in [-0.4, -0.2) is 42.8 Å². The van der Waals surface area contributed by atoms with E-state index in [0.717, 1.165) is 11.9 Å². The Labute approximate surface area is 152 Å². The molecule has 3 N–H and O–H groups in total. The van der Waals surface area contributed by atoms with E-state index in [1.807, 2.05) is 0 Å². The van der Waals surface area contributed by atoms with Crippen LogP contribution in [0.15, 0.2) is 9.63 Å². The Morgan fingerprint density at radius 1 is 1.08 bits per heavy atom. The van der Waals surface area contributed by atoms with Crippen molar-refractivity contribution in [3.8, 4) is 0 Å². The van der Waals surface area contributed by atoms with Gasteiger partial charge < -0.3 is 0 Å². The zero-order valence-electron chi connectivity index (χ0n) is 14.6. The number of rotatable bonds is 5. The number of amides is 2. The molecule has 1 heterocycles. The summed E-state index contributed by atoms with van der Waals surface area (Å²) in [4.78, 5) is 24.2. The topological polar surface area (TPSA) is 129 Å². The smallest absolute Gasteiger partial charge is 0.255 e. The van der Waals surface area contributed by atoms with Crippen LogP contribution in [0.4, 0.5) is 0 Å². The highest BCUT2D eigenvalue weighted by atomic mass is 32.2. The number of nitrogens with zero attached hydrogens (tertiary/aromatic N) is 2. The molecule has 2 rings (SSSR count). The predicted octanol–water partition coefficient (Wildman–Crippen LogP) is 0.891. The largest absolute Gasteiger partial charge is 0.273 e. The van der Waals surface area contributed by atoms with Crippen molar-refractivity contribution in [2.24, 2.45) is 15.6 Å². The van der Waals surface area contributed by atoms with Gasteiger partial charge in [0.2, 0.25) is 15.9 Å². The third kappa shape index (κ3) is 5.38. The van der Waals surface area contributed by atoms with E-state index in [4.69, 9.17) is 0 Å². The van der Waals surface area contributed by atoms with E-state index in [1.54, 1.807) is 20.8 Å². The van der Waals surface area contributed by atoms with Gasteiger partial charge in [-0.3, -0.25) is 20.4 Å². The molecule has 1 aliphatic heterocycles. The quantitative estimate of drug-likeness (QED) is 0.473. The van der Waals surface area contributed by atoms with Crippen LogP contribution in [0.5, 0.6) is 0 Å². The highest BCUT2D eigenvalue weighted by Crippen LogP contribution is 2.27. The van der Waals surface area contributed by atoms with Crippen LogP contribution in [0, 0.1) is 5.92 Å². The standard InChI is InChI=1S/C14H25N5O4S2/c1-8(2)25(22,23)18-11-6-4-10(5-7-11)13(20)16-17-14(21)12-9(3)15-19-24-12/h8-12,18H,4-7H2,1-3H3,(H,16,20)(H,17,21). The van der Waals surface area contributed by atoms with Crippen molar-refractivity contribution < 1.29 is 18.0 Å². The fourth-order valence-electron chi connectivity index (χ4n) is 2.71. The number of hydrogen-bond donors (Lipinski definition) is 3. The Bertz CT molecular complexity index is 629. The summed E-state index contributed by atoms with van der Waals surface area (Å²) in [6.45, 7) is 5.05. The lowest BCUT2D eigenvalue weighted by Crippen LogP contribution is -2.50. The lowest BCUT2D eigenvalue weighted by molar-refractivity contribution is -0.131. The first-order valence-electron chi connectivity index (χ1n) is 8.37. The molecule has 142 valence electrons. The minimum atomic E-state index is -3.30. The zero-order valence-corrected chi connectivity index (χ0v) is 16.2. The van der Waals surface area contributed by atoms with E-state index in [-0.39, 0.29) is 29.8 Å². The molecule has 0 radical (unpaired) electrons. The van der Waals surface area contributed by atoms with Crippen LogP contribution in [0.2, 0.25) is 0 Å². The molecule has 1 saturated carbocycles. The predicted molar refractivity (Wildman–Crippen MR) is 94.9 cm³/mol. The summed E-state index contributed by atoms with van der Waals surface area (Å²) >= 11 is 1.08. The molecular weight excluding hydrogens is 366 g/mol. The van der Waals surface area contributed by atoms with Crippen LogP contribution in [0.25, 0.3) is 0 Å². The normalized spacial score (nSPS) is 29.6. The van der Waals surface area contributed by atoms with Crippen molar-refractivity contribution in [2.75, 3.05) is 0 Å². The molecule has 2 unspecified atom stereocenters. The second-order valence-electron chi connectivity index (χ2n) is 6.70. The number of carbonyl (C=O) groups excluding carboxylic acids is 2. The fraction of sp³-hybridized carbons (Fsp3) is 0.857. The molecule has 2 aliphatic rings. The van der Waals surface area contributed by atoms with E-state index in [2.05, 4.69) is 25.2 Å². The fourth-order valence-corrected chi connectivity index (χ4v) is 4.37. The summed E-state index contributed by atoms with van der Waals surface area (Å²) in [5, 5.41) is 2.96. The molecule has 0 aromatic carbocycles. The molecule has 9 nitrogen and oxygen atoms in total. The van der Waals surface area contributed by atoms with Gasteiger partial charge in [0.15, 0.2) is 0 Å². The highest BCUT2D eigenvalue weighted by molar-refractivity contribution is 7.99.